The number of nitrogens with one attached hydrogen (secondary N) is 2. The molecule has 2 saturated heterocycles. The van der Waals surface area contributed by atoms with E-state index >= 15 is 0 Å². The molecule has 3 aliphatic rings. The monoisotopic (exact) mass is 266 g/mol. The Bertz CT molecular complexity index is 341. The van der Waals surface area contributed by atoms with Crippen molar-refractivity contribution in [3.05, 3.63) is 0 Å². The summed E-state index contributed by atoms with van der Waals surface area (Å²) in [5.41, 5.74) is 0.354. The fraction of sp³-hybridized carbons (Fsp3) is 0.933. The van der Waals surface area contributed by atoms with Crippen LogP contribution in [0.25, 0.3) is 0 Å². The van der Waals surface area contributed by atoms with Gasteiger partial charge in [-0.2, -0.15) is 0 Å². The summed E-state index contributed by atoms with van der Waals surface area (Å²) in [5.74, 6) is 0.308. The normalized spacial score (nSPS) is 37.0. The van der Waals surface area contributed by atoms with Crippen LogP contribution in [0.15, 0.2) is 0 Å². The predicted octanol–water partition coefficient (Wildman–Crippen LogP) is 1.59. The fourth-order valence-electron chi connectivity index (χ4n) is 3.92. The van der Waals surface area contributed by atoms with Crippen LogP contribution in [-0.2, 0) is 9.53 Å². The summed E-state index contributed by atoms with van der Waals surface area (Å²) in [7, 11) is 0. The van der Waals surface area contributed by atoms with Crippen LogP contribution in [0.3, 0.4) is 0 Å². The molecule has 1 spiro atoms. The van der Waals surface area contributed by atoms with E-state index < -0.39 is 0 Å². The molecule has 19 heavy (non-hydrogen) atoms. The van der Waals surface area contributed by atoms with Crippen LogP contribution in [0.2, 0.25) is 0 Å². The summed E-state index contributed by atoms with van der Waals surface area (Å²) in [6.07, 6.45) is 8.05. The van der Waals surface area contributed by atoms with Crippen LogP contribution in [-0.4, -0.2) is 36.7 Å². The van der Waals surface area contributed by atoms with Gasteiger partial charge in [0.15, 0.2) is 0 Å². The van der Waals surface area contributed by atoms with Gasteiger partial charge in [-0.05, 0) is 51.5 Å². The highest BCUT2D eigenvalue weighted by Gasteiger charge is 2.42. The molecule has 3 fully saturated rings. The minimum atomic E-state index is 0.0808. The van der Waals surface area contributed by atoms with Crippen LogP contribution < -0.4 is 10.6 Å². The van der Waals surface area contributed by atoms with E-state index in [-0.39, 0.29) is 17.9 Å². The number of carbonyl (C=O) groups excluding carboxylic acids is 1. The van der Waals surface area contributed by atoms with E-state index in [0.717, 1.165) is 38.8 Å². The largest absolute Gasteiger partial charge is 0.377 e. The van der Waals surface area contributed by atoms with Gasteiger partial charge in [0.25, 0.3) is 0 Å². The maximum Gasteiger partial charge on any atom is 0.226 e. The average molecular weight is 266 g/mol. The lowest BCUT2D eigenvalue weighted by molar-refractivity contribution is -0.127. The molecule has 0 bridgehead atoms. The molecule has 1 aliphatic carbocycles. The molecule has 1 saturated carbocycles. The van der Waals surface area contributed by atoms with Gasteiger partial charge in [0.2, 0.25) is 5.91 Å². The van der Waals surface area contributed by atoms with Crippen molar-refractivity contribution < 1.29 is 9.53 Å². The molecular weight excluding hydrogens is 240 g/mol. The second-order valence-corrected chi connectivity index (χ2v) is 6.47. The molecule has 3 atom stereocenters. The van der Waals surface area contributed by atoms with Crippen LogP contribution in [0.4, 0.5) is 0 Å². The molecule has 1 amide bonds. The van der Waals surface area contributed by atoms with Gasteiger partial charge in [-0.3, -0.25) is 4.79 Å². The van der Waals surface area contributed by atoms with Gasteiger partial charge in [-0.15, -0.1) is 0 Å². The van der Waals surface area contributed by atoms with Gasteiger partial charge < -0.3 is 15.4 Å². The van der Waals surface area contributed by atoms with E-state index in [1.54, 1.807) is 0 Å². The molecule has 4 heteroatoms. The highest BCUT2D eigenvalue weighted by Crippen LogP contribution is 2.38. The summed E-state index contributed by atoms with van der Waals surface area (Å²) in [5, 5.41) is 6.94. The van der Waals surface area contributed by atoms with Crippen LogP contribution in [0.1, 0.15) is 51.9 Å². The first-order valence-corrected chi connectivity index (χ1v) is 7.89. The zero-order valence-corrected chi connectivity index (χ0v) is 11.9. The third-order valence-electron chi connectivity index (χ3n) is 5.24. The van der Waals surface area contributed by atoms with Crippen LogP contribution >= 0.6 is 0 Å². The molecule has 3 rings (SSSR count). The Balaban J connectivity index is 1.54. The zero-order chi connectivity index (χ0) is 13.3. The molecule has 3 unspecified atom stereocenters. The molecule has 2 heterocycles. The standard InChI is InChI=1S/C15H26N2O2/c1-2-13-12(5-9-19-13)14(18)17-11-4-8-16-15(10-11)6-3-7-15/h11-13,16H,2-10H2,1H3,(H,17,18). The number of piperidine rings is 1. The first kappa shape index (κ1) is 13.4. The number of amides is 1. The summed E-state index contributed by atoms with van der Waals surface area (Å²) in [6.45, 7) is 3.89. The lowest BCUT2D eigenvalue weighted by Crippen LogP contribution is -2.60. The van der Waals surface area contributed by atoms with E-state index in [0.29, 0.717) is 11.6 Å². The number of carbonyl (C=O) groups is 1. The van der Waals surface area contributed by atoms with Crippen molar-refractivity contribution in [2.45, 2.75) is 69.6 Å². The van der Waals surface area contributed by atoms with E-state index in [1.165, 1.54) is 19.3 Å². The van der Waals surface area contributed by atoms with Crippen molar-refractivity contribution in [3.63, 3.8) is 0 Å². The highest BCUT2D eigenvalue weighted by molar-refractivity contribution is 5.79. The number of hydrogen-bond acceptors (Lipinski definition) is 3. The van der Waals surface area contributed by atoms with Crippen molar-refractivity contribution in [1.29, 1.82) is 0 Å². The molecule has 2 N–H and O–H groups in total. The molecule has 2 aliphatic heterocycles. The molecule has 108 valence electrons. The van der Waals surface area contributed by atoms with Gasteiger partial charge in [-0.1, -0.05) is 6.92 Å². The van der Waals surface area contributed by atoms with Crippen molar-refractivity contribution in [2.75, 3.05) is 13.2 Å². The molecule has 0 aromatic rings. The Kier molecular flexibility index (Phi) is 3.81. The SMILES string of the molecule is CCC1OCCC1C(=O)NC1CCNC2(CCC2)C1. The number of hydrogen-bond donors (Lipinski definition) is 2. The van der Waals surface area contributed by atoms with Crippen LogP contribution in [0, 0.1) is 5.92 Å². The van der Waals surface area contributed by atoms with Gasteiger partial charge >= 0.3 is 0 Å². The summed E-state index contributed by atoms with van der Waals surface area (Å²) in [6, 6.07) is 0.368. The second kappa shape index (κ2) is 5.41. The lowest BCUT2D eigenvalue weighted by atomic mass is 9.70. The van der Waals surface area contributed by atoms with Gasteiger partial charge in [-0.25, -0.2) is 0 Å². The predicted molar refractivity (Wildman–Crippen MR) is 73.9 cm³/mol. The Morgan fingerprint density at radius 3 is 2.95 bits per heavy atom. The topological polar surface area (TPSA) is 50.4 Å². The number of rotatable bonds is 3. The van der Waals surface area contributed by atoms with E-state index in [4.69, 9.17) is 4.74 Å². The van der Waals surface area contributed by atoms with E-state index in [1.807, 2.05) is 0 Å². The molecule has 0 radical (unpaired) electrons. The maximum absolute atomic E-state index is 12.4. The van der Waals surface area contributed by atoms with Crippen molar-refractivity contribution in [1.82, 2.24) is 10.6 Å². The fourth-order valence-corrected chi connectivity index (χ4v) is 3.92. The lowest BCUT2D eigenvalue weighted by Gasteiger charge is -2.48. The number of ether oxygens (including phenoxy) is 1. The minimum absolute atomic E-state index is 0.0808. The smallest absolute Gasteiger partial charge is 0.226 e. The maximum atomic E-state index is 12.4. The molecule has 0 aromatic carbocycles. The third-order valence-corrected chi connectivity index (χ3v) is 5.24. The average Bonchev–Trinajstić information content (AvgIpc) is 2.85. The first-order valence-electron chi connectivity index (χ1n) is 7.89. The molecular formula is C15H26N2O2. The minimum Gasteiger partial charge on any atom is -0.377 e. The summed E-state index contributed by atoms with van der Waals surface area (Å²) >= 11 is 0. The third kappa shape index (κ3) is 2.65. The summed E-state index contributed by atoms with van der Waals surface area (Å²) < 4.78 is 5.63. The highest BCUT2D eigenvalue weighted by atomic mass is 16.5. The van der Waals surface area contributed by atoms with Crippen molar-refractivity contribution >= 4 is 5.91 Å². The van der Waals surface area contributed by atoms with E-state index in [9.17, 15) is 4.79 Å². The Labute approximate surface area is 115 Å². The van der Waals surface area contributed by atoms with Gasteiger partial charge in [0, 0.05) is 18.2 Å². The molecule has 0 aromatic heterocycles. The molecule has 4 nitrogen and oxygen atoms in total. The van der Waals surface area contributed by atoms with Crippen molar-refractivity contribution in [2.24, 2.45) is 5.92 Å². The Hall–Kier alpha value is -0.610. The van der Waals surface area contributed by atoms with Gasteiger partial charge in [0.1, 0.15) is 0 Å². The van der Waals surface area contributed by atoms with Gasteiger partial charge in [0.05, 0.1) is 12.0 Å². The van der Waals surface area contributed by atoms with E-state index in [2.05, 4.69) is 17.6 Å². The van der Waals surface area contributed by atoms with Crippen molar-refractivity contribution in [3.8, 4) is 0 Å². The quantitative estimate of drug-likeness (QED) is 0.815. The summed E-state index contributed by atoms with van der Waals surface area (Å²) in [4.78, 5) is 12.4. The zero-order valence-electron chi connectivity index (χ0n) is 11.9. The first-order chi connectivity index (χ1) is 9.22. The Morgan fingerprint density at radius 1 is 1.42 bits per heavy atom. The second-order valence-electron chi connectivity index (χ2n) is 6.47. The van der Waals surface area contributed by atoms with Crippen LogP contribution in [0.5, 0.6) is 0 Å². The Morgan fingerprint density at radius 2 is 2.26 bits per heavy atom.